The van der Waals surface area contributed by atoms with Crippen LogP contribution in [0.5, 0.6) is 0 Å². The van der Waals surface area contributed by atoms with Crippen molar-refractivity contribution >= 4 is 27.3 Å². The Morgan fingerprint density at radius 1 is 1.13 bits per heavy atom. The van der Waals surface area contributed by atoms with Crippen molar-refractivity contribution in [2.75, 3.05) is 47.4 Å². The van der Waals surface area contributed by atoms with Gasteiger partial charge in [-0.1, -0.05) is 12.1 Å². The van der Waals surface area contributed by atoms with Gasteiger partial charge in [-0.05, 0) is 81.3 Å². The minimum absolute atomic E-state index is 0.0676. The highest BCUT2D eigenvalue weighted by molar-refractivity contribution is 7.89. The summed E-state index contributed by atoms with van der Waals surface area (Å²) in [6.07, 6.45) is -0.354. The predicted octanol–water partition coefficient (Wildman–Crippen LogP) is 4.63. The molecule has 1 aromatic heterocycles. The standard InChI is InChI=1S/C26H36F3N3O4S2/c1-31(2)25(23-8-5-15-37-23)20-11-9-19(10-12-20)17-30-24(33)18-36-14-13-32(3)38(34,35)22-7-4-6-21(16-22)26(27,28)29/h4-8,15-16,19-20,25H,9-14,17-18H2,1-3H3,(H,30,33). The predicted molar refractivity (Wildman–Crippen MR) is 141 cm³/mol. The molecule has 1 amide bonds. The summed E-state index contributed by atoms with van der Waals surface area (Å²) in [6, 6.07) is 8.30. The minimum Gasteiger partial charge on any atom is -0.370 e. The van der Waals surface area contributed by atoms with Crippen molar-refractivity contribution in [1.29, 1.82) is 0 Å². The highest BCUT2D eigenvalue weighted by Crippen LogP contribution is 2.40. The topological polar surface area (TPSA) is 79.0 Å². The van der Waals surface area contributed by atoms with Gasteiger partial charge >= 0.3 is 6.18 Å². The summed E-state index contributed by atoms with van der Waals surface area (Å²) in [5.74, 6) is 0.716. The molecule has 12 heteroatoms. The number of carbonyl (C=O) groups is 1. The summed E-state index contributed by atoms with van der Waals surface area (Å²) in [5, 5.41) is 5.01. The summed E-state index contributed by atoms with van der Waals surface area (Å²) >= 11 is 1.79. The summed E-state index contributed by atoms with van der Waals surface area (Å²) in [6.45, 7) is 0.188. The number of hydrogen-bond acceptors (Lipinski definition) is 6. The average molecular weight is 576 g/mol. The summed E-state index contributed by atoms with van der Waals surface area (Å²) in [5.41, 5.74) is -1.03. The van der Waals surface area contributed by atoms with Crippen LogP contribution in [0.25, 0.3) is 0 Å². The highest BCUT2D eigenvalue weighted by atomic mass is 32.2. The lowest BCUT2D eigenvalue weighted by Crippen LogP contribution is -2.36. The molecule has 1 saturated carbocycles. The number of amides is 1. The quantitative estimate of drug-likeness (QED) is 0.374. The van der Waals surface area contributed by atoms with Crippen LogP contribution in [0, 0.1) is 11.8 Å². The van der Waals surface area contributed by atoms with E-state index in [1.54, 1.807) is 11.3 Å². The summed E-state index contributed by atoms with van der Waals surface area (Å²) in [4.78, 5) is 15.4. The fourth-order valence-electron chi connectivity index (χ4n) is 4.88. The first-order valence-electron chi connectivity index (χ1n) is 12.6. The SMILES string of the molecule is CN(C)C(c1cccs1)C1CCC(CNC(=O)COCCN(C)S(=O)(=O)c2cccc(C(F)(F)F)c2)CC1. The fourth-order valence-corrected chi connectivity index (χ4v) is 7.09. The maximum absolute atomic E-state index is 12.9. The van der Waals surface area contributed by atoms with Crippen molar-refractivity contribution in [2.45, 2.75) is 42.8 Å². The number of nitrogens with one attached hydrogen (secondary N) is 1. The largest absolute Gasteiger partial charge is 0.416 e. The van der Waals surface area contributed by atoms with Crippen LogP contribution in [0.4, 0.5) is 13.2 Å². The number of thiophene rings is 1. The zero-order valence-electron chi connectivity index (χ0n) is 21.9. The second kappa shape index (κ2) is 13.4. The maximum atomic E-state index is 12.9. The molecule has 1 fully saturated rings. The molecule has 1 heterocycles. The number of rotatable bonds is 12. The molecule has 0 bridgehead atoms. The molecule has 0 spiro atoms. The first-order valence-corrected chi connectivity index (χ1v) is 14.9. The molecule has 0 aliphatic heterocycles. The molecule has 1 aliphatic carbocycles. The third-order valence-corrected chi connectivity index (χ3v) is 9.77. The second-order valence-electron chi connectivity index (χ2n) is 9.91. The number of carbonyl (C=O) groups excluding carboxylic acids is 1. The average Bonchev–Trinajstić information content (AvgIpc) is 3.39. The number of hydrogen-bond donors (Lipinski definition) is 1. The highest BCUT2D eigenvalue weighted by Gasteiger charge is 2.33. The van der Waals surface area contributed by atoms with E-state index in [0.29, 0.717) is 30.5 Å². The van der Waals surface area contributed by atoms with E-state index < -0.39 is 26.7 Å². The van der Waals surface area contributed by atoms with Crippen LogP contribution in [-0.4, -0.2) is 71.0 Å². The number of nitrogens with zero attached hydrogens (tertiary/aromatic N) is 2. The molecular weight excluding hydrogens is 539 g/mol. The van der Waals surface area contributed by atoms with Crippen LogP contribution in [0.2, 0.25) is 0 Å². The van der Waals surface area contributed by atoms with E-state index in [2.05, 4.69) is 41.8 Å². The van der Waals surface area contributed by atoms with Crippen molar-refractivity contribution in [3.05, 3.63) is 52.2 Å². The molecule has 2 aromatic rings. The van der Waals surface area contributed by atoms with Crippen molar-refractivity contribution < 1.29 is 31.1 Å². The minimum atomic E-state index is -4.64. The Morgan fingerprint density at radius 3 is 2.45 bits per heavy atom. The lowest BCUT2D eigenvalue weighted by Gasteiger charge is -2.37. The Bertz CT molecular complexity index is 1130. The van der Waals surface area contributed by atoms with Gasteiger partial charge in [-0.15, -0.1) is 11.3 Å². The van der Waals surface area contributed by atoms with Gasteiger partial charge in [0.05, 0.1) is 17.1 Å². The zero-order valence-corrected chi connectivity index (χ0v) is 23.5. The molecule has 1 aliphatic rings. The summed E-state index contributed by atoms with van der Waals surface area (Å²) < 4.78 is 70.2. The van der Waals surface area contributed by atoms with E-state index in [0.717, 1.165) is 48.2 Å². The fraction of sp³-hybridized carbons (Fsp3) is 0.577. The number of alkyl halides is 3. The molecule has 3 rings (SSSR count). The van der Waals surface area contributed by atoms with Gasteiger partial charge in [0.25, 0.3) is 0 Å². The third-order valence-electron chi connectivity index (χ3n) is 6.97. The molecule has 1 atom stereocenters. The van der Waals surface area contributed by atoms with E-state index >= 15 is 0 Å². The Balaban J connectivity index is 1.36. The van der Waals surface area contributed by atoms with Crippen LogP contribution >= 0.6 is 11.3 Å². The van der Waals surface area contributed by atoms with Crippen molar-refractivity contribution in [2.24, 2.45) is 11.8 Å². The molecule has 1 unspecified atom stereocenters. The van der Waals surface area contributed by atoms with Gasteiger partial charge < -0.3 is 15.0 Å². The number of halogens is 3. The van der Waals surface area contributed by atoms with E-state index in [1.165, 1.54) is 11.9 Å². The monoisotopic (exact) mass is 575 g/mol. The van der Waals surface area contributed by atoms with Crippen molar-refractivity contribution in [1.82, 2.24) is 14.5 Å². The molecule has 1 aromatic carbocycles. The van der Waals surface area contributed by atoms with E-state index in [-0.39, 0.29) is 25.7 Å². The van der Waals surface area contributed by atoms with Gasteiger partial charge in [0, 0.05) is 31.1 Å². The smallest absolute Gasteiger partial charge is 0.370 e. The Morgan fingerprint density at radius 2 is 1.84 bits per heavy atom. The summed E-state index contributed by atoms with van der Waals surface area (Å²) in [7, 11) is 1.37. The van der Waals surface area contributed by atoms with Crippen molar-refractivity contribution in [3.63, 3.8) is 0 Å². The first-order chi connectivity index (χ1) is 17.9. The van der Waals surface area contributed by atoms with Crippen LogP contribution in [-0.2, 0) is 25.7 Å². The van der Waals surface area contributed by atoms with Gasteiger partial charge in [-0.25, -0.2) is 8.42 Å². The van der Waals surface area contributed by atoms with Gasteiger partial charge in [-0.2, -0.15) is 17.5 Å². The van der Waals surface area contributed by atoms with Crippen LogP contribution in [0.15, 0.2) is 46.7 Å². The second-order valence-corrected chi connectivity index (χ2v) is 12.9. The maximum Gasteiger partial charge on any atom is 0.416 e. The number of likely N-dealkylation sites (N-methyl/N-ethyl adjacent to an activating group) is 1. The lowest BCUT2D eigenvalue weighted by molar-refractivity contribution is -0.137. The molecule has 212 valence electrons. The van der Waals surface area contributed by atoms with Gasteiger partial charge in [0.2, 0.25) is 15.9 Å². The Kier molecular flexibility index (Phi) is 10.8. The van der Waals surface area contributed by atoms with Crippen LogP contribution in [0.1, 0.15) is 42.2 Å². The van der Waals surface area contributed by atoms with E-state index in [4.69, 9.17) is 4.74 Å². The number of ether oxygens (including phenoxy) is 1. The van der Waals surface area contributed by atoms with Crippen LogP contribution < -0.4 is 5.32 Å². The van der Waals surface area contributed by atoms with Gasteiger partial charge in [0.15, 0.2) is 0 Å². The number of benzene rings is 1. The molecule has 0 saturated heterocycles. The van der Waals surface area contributed by atoms with Crippen LogP contribution in [0.3, 0.4) is 0 Å². The normalized spacial score (nSPS) is 19.6. The van der Waals surface area contributed by atoms with E-state index in [1.807, 2.05) is 0 Å². The molecule has 38 heavy (non-hydrogen) atoms. The van der Waals surface area contributed by atoms with Crippen molar-refractivity contribution in [3.8, 4) is 0 Å². The van der Waals surface area contributed by atoms with Gasteiger partial charge in [0.1, 0.15) is 6.61 Å². The molecule has 7 nitrogen and oxygen atoms in total. The van der Waals surface area contributed by atoms with Gasteiger partial charge in [-0.3, -0.25) is 4.79 Å². The Hall–Kier alpha value is -1.99. The zero-order chi connectivity index (χ0) is 27.9. The molecule has 0 radical (unpaired) electrons. The molecule has 1 N–H and O–H groups in total. The third kappa shape index (κ3) is 8.25. The lowest BCUT2D eigenvalue weighted by atomic mass is 9.77. The van der Waals surface area contributed by atoms with E-state index in [9.17, 15) is 26.4 Å². The Labute approximate surface area is 227 Å². The first kappa shape index (κ1) is 30.6. The molecular formula is C26H36F3N3O4S2. The number of sulfonamides is 1.